The van der Waals surface area contributed by atoms with Gasteiger partial charge in [0.15, 0.2) is 5.69 Å². The molecule has 0 spiro atoms. The highest BCUT2D eigenvalue weighted by atomic mass is 16.6. The lowest BCUT2D eigenvalue weighted by atomic mass is 10.1. The lowest BCUT2D eigenvalue weighted by molar-refractivity contribution is 0.0948. The molecular weight excluding hydrogens is 352 g/mol. The molecule has 11 heteroatoms. The Labute approximate surface area is 154 Å². The Morgan fingerprint density at radius 2 is 2.07 bits per heavy atom. The van der Waals surface area contributed by atoms with Crippen molar-refractivity contribution in [2.75, 3.05) is 12.8 Å². The van der Waals surface area contributed by atoms with Gasteiger partial charge in [-0.05, 0) is 46.1 Å². The summed E-state index contributed by atoms with van der Waals surface area (Å²) in [6, 6.07) is 7.21. The number of hydrogen-bond donors (Lipinski definition) is 2. The number of hydrazone groups is 1. The summed E-state index contributed by atoms with van der Waals surface area (Å²) in [7, 11) is 1.59. The standard InChI is InChI=1S/C16H18N8O3/c1-9(2)13-12(19-23-24(13)15-14(17)21-27-22-15)16(25)20-18-8-10-4-6-11(26-3)7-5-10/h4-9H,1-3H3,(H2,17,21)(H,20,25). The number of hydrogen-bond acceptors (Lipinski definition) is 9. The fraction of sp³-hybridized carbons (Fsp3) is 0.250. The number of methoxy groups -OCH3 is 1. The minimum atomic E-state index is -0.510. The van der Waals surface area contributed by atoms with Gasteiger partial charge in [-0.3, -0.25) is 4.79 Å². The molecule has 0 unspecified atom stereocenters. The minimum Gasteiger partial charge on any atom is -0.497 e. The highest BCUT2D eigenvalue weighted by Crippen LogP contribution is 2.22. The number of nitrogen functional groups attached to an aromatic ring is 1. The maximum Gasteiger partial charge on any atom is 0.293 e. The number of carbonyl (C=O) groups is 1. The second-order valence-electron chi connectivity index (χ2n) is 5.84. The van der Waals surface area contributed by atoms with Gasteiger partial charge in [-0.2, -0.15) is 9.78 Å². The summed E-state index contributed by atoms with van der Waals surface area (Å²) in [6.45, 7) is 3.77. The summed E-state index contributed by atoms with van der Waals surface area (Å²) in [5.41, 5.74) is 9.56. The van der Waals surface area contributed by atoms with Gasteiger partial charge in [0.2, 0.25) is 11.6 Å². The van der Waals surface area contributed by atoms with Gasteiger partial charge in [-0.15, -0.1) is 5.10 Å². The van der Waals surface area contributed by atoms with Crippen LogP contribution in [0.25, 0.3) is 5.82 Å². The van der Waals surface area contributed by atoms with Crippen LogP contribution in [-0.2, 0) is 0 Å². The van der Waals surface area contributed by atoms with Crippen molar-refractivity contribution < 1.29 is 14.2 Å². The van der Waals surface area contributed by atoms with Crippen LogP contribution < -0.4 is 15.9 Å². The number of carbonyl (C=O) groups excluding carboxylic acids is 1. The average molecular weight is 370 g/mol. The van der Waals surface area contributed by atoms with E-state index in [9.17, 15) is 4.79 Å². The molecule has 3 N–H and O–H groups in total. The summed E-state index contributed by atoms with van der Waals surface area (Å²) < 4.78 is 11.0. The van der Waals surface area contributed by atoms with Gasteiger partial charge >= 0.3 is 0 Å². The molecule has 11 nitrogen and oxygen atoms in total. The lowest BCUT2D eigenvalue weighted by Gasteiger charge is -2.08. The van der Waals surface area contributed by atoms with Crippen LogP contribution in [0.3, 0.4) is 0 Å². The first-order chi connectivity index (χ1) is 13.0. The van der Waals surface area contributed by atoms with Crippen molar-refractivity contribution in [3.8, 4) is 11.6 Å². The maximum absolute atomic E-state index is 12.5. The third-order valence-electron chi connectivity index (χ3n) is 3.66. The molecule has 27 heavy (non-hydrogen) atoms. The van der Waals surface area contributed by atoms with Gasteiger partial charge in [0.25, 0.3) is 5.91 Å². The predicted molar refractivity (Wildman–Crippen MR) is 95.8 cm³/mol. The largest absolute Gasteiger partial charge is 0.497 e. The highest BCUT2D eigenvalue weighted by Gasteiger charge is 2.25. The van der Waals surface area contributed by atoms with E-state index >= 15 is 0 Å². The molecule has 0 saturated carbocycles. The number of anilines is 1. The number of nitrogens with zero attached hydrogens (tertiary/aromatic N) is 6. The molecule has 3 rings (SSSR count). The average Bonchev–Trinajstić information content (AvgIpc) is 3.28. The normalized spacial score (nSPS) is 11.3. The number of nitrogens with two attached hydrogens (primary N) is 1. The van der Waals surface area contributed by atoms with Gasteiger partial charge in [-0.25, -0.2) is 10.1 Å². The topological polar surface area (TPSA) is 146 Å². The van der Waals surface area contributed by atoms with Gasteiger partial charge in [0.1, 0.15) is 5.75 Å². The Morgan fingerprint density at radius 3 is 2.67 bits per heavy atom. The van der Waals surface area contributed by atoms with Crippen LogP contribution in [-0.4, -0.2) is 44.5 Å². The molecule has 0 atom stereocenters. The third kappa shape index (κ3) is 3.76. The smallest absolute Gasteiger partial charge is 0.293 e. The van der Waals surface area contributed by atoms with Crippen molar-refractivity contribution in [1.82, 2.24) is 30.7 Å². The Kier molecular flexibility index (Phi) is 5.11. The number of amides is 1. The van der Waals surface area contributed by atoms with E-state index in [0.717, 1.165) is 11.3 Å². The summed E-state index contributed by atoms with van der Waals surface area (Å²) in [6.07, 6.45) is 1.51. The van der Waals surface area contributed by atoms with Gasteiger partial charge in [0, 0.05) is 0 Å². The van der Waals surface area contributed by atoms with Crippen molar-refractivity contribution in [2.45, 2.75) is 19.8 Å². The van der Waals surface area contributed by atoms with Crippen LogP contribution in [0.1, 0.15) is 41.5 Å². The second kappa shape index (κ2) is 7.64. The van der Waals surface area contributed by atoms with E-state index in [2.05, 4.69) is 35.8 Å². The van der Waals surface area contributed by atoms with E-state index in [1.807, 2.05) is 26.0 Å². The summed E-state index contributed by atoms with van der Waals surface area (Å²) >= 11 is 0. The molecule has 0 bridgehead atoms. The van der Waals surface area contributed by atoms with E-state index in [1.54, 1.807) is 19.2 Å². The van der Waals surface area contributed by atoms with Gasteiger partial charge in [0.05, 0.1) is 19.0 Å². The molecule has 3 aromatic rings. The van der Waals surface area contributed by atoms with E-state index in [1.165, 1.54) is 10.9 Å². The molecule has 2 heterocycles. The molecule has 0 aliphatic heterocycles. The summed E-state index contributed by atoms with van der Waals surface area (Å²) in [5, 5.41) is 19.0. The van der Waals surface area contributed by atoms with Crippen molar-refractivity contribution in [3.05, 3.63) is 41.2 Å². The van der Waals surface area contributed by atoms with E-state index in [4.69, 9.17) is 10.5 Å². The van der Waals surface area contributed by atoms with Gasteiger partial charge < -0.3 is 10.5 Å². The second-order valence-corrected chi connectivity index (χ2v) is 5.84. The highest BCUT2D eigenvalue weighted by molar-refractivity contribution is 5.94. The molecule has 1 amide bonds. The van der Waals surface area contributed by atoms with Crippen LogP contribution in [0.15, 0.2) is 34.0 Å². The number of aromatic nitrogens is 5. The summed E-state index contributed by atoms with van der Waals surface area (Å²) in [5.74, 6) is 0.349. The molecule has 2 aromatic heterocycles. The molecule has 0 radical (unpaired) electrons. The molecule has 0 aliphatic rings. The van der Waals surface area contributed by atoms with Crippen molar-refractivity contribution in [1.29, 1.82) is 0 Å². The molecule has 0 fully saturated rings. The lowest BCUT2D eigenvalue weighted by Crippen LogP contribution is -2.21. The SMILES string of the molecule is COc1ccc(C=NNC(=O)c2nnn(-c3nonc3N)c2C(C)C)cc1. The van der Waals surface area contributed by atoms with E-state index in [0.29, 0.717) is 5.69 Å². The van der Waals surface area contributed by atoms with Crippen LogP contribution in [0.4, 0.5) is 5.82 Å². The van der Waals surface area contributed by atoms with Crippen LogP contribution in [0.2, 0.25) is 0 Å². The zero-order valence-electron chi connectivity index (χ0n) is 14.9. The van der Waals surface area contributed by atoms with Crippen molar-refractivity contribution in [3.63, 3.8) is 0 Å². The first-order valence-corrected chi connectivity index (χ1v) is 8.02. The Bertz CT molecular complexity index is 958. The first-order valence-electron chi connectivity index (χ1n) is 8.02. The van der Waals surface area contributed by atoms with Gasteiger partial charge in [-0.1, -0.05) is 19.1 Å². The number of benzene rings is 1. The maximum atomic E-state index is 12.5. The first kappa shape index (κ1) is 18.0. The molecule has 1 aromatic carbocycles. The quantitative estimate of drug-likeness (QED) is 0.485. The summed E-state index contributed by atoms with van der Waals surface area (Å²) in [4.78, 5) is 12.5. The molecule has 0 saturated heterocycles. The number of ether oxygens (including phenoxy) is 1. The Balaban J connectivity index is 1.79. The van der Waals surface area contributed by atoms with Crippen LogP contribution in [0.5, 0.6) is 5.75 Å². The number of rotatable bonds is 6. The molecule has 140 valence electrons. The minimum absolute atomic E-state index is 0.0475. The Hall–Kier alpha value is -3.76. The van der Waals surface area contributed by atoms with Crippen LogP contribution >= 0.6 is 0 Å². The molecular formula is C16H18N8O3. The van der Waals surface area contributed by atoms with Crippen LogP contribution in [0, 0.1) is 0 Å². The zero-order chi connectivity index (χ0) is 19.4. The zero-order valence-corrected chi connectivity index (χ0v) is 14.9. The van der Waals surface area contributed by atoms with E-state index < -0.39 is 5.91 Å². The fourth-order valence-electron chi connectivity index (χ4n) is 2.37. The monoisotopic (exact) mass is 370 g/mol. The van der Waals surface area contributed by atoms with Crippen molar-refractivity contribution >= 4 is 17.9 Å². The fourth-order valence-corrected chi connectivity index (χ4v) is 2.37. The predicted octanol–water partition coefficient (Wildman–Crippen LogP) is 1.13. The number of nitrogens with one attached hydrogen (secondary N) is 1. The Morgan fingerprint density at radius 1 is 1.33 bits per heavy atom. The van der Waals surface area contributed by atoms with Crippen molar-refractivity contribution in [2.24, 2.45) is 5.10 Å². The van der Waals surface area contributed by atoms with E-state index in [-0.39, 0.29) is 23.2 Å². The molecule has 0 aliphatic carbocycles. The third-order valence-corrected chi connectivity index (χ3v) is 3.66.